The third-order valence-corrected chi connectivity index (χ3v) is 4.54. The summed E-state index contributed by atoms with van der Waals surface area (Å²) in [5, 5.41) is 3.64. The fourth-order valence-corrected chi connectivity index (χ4v) is 3.34. The highest BCUT2D eigenvalue weighted by molar-refractivity contribution is 6.11. The summed E-state index contributed by atoms with van der Waals surface area (Å²) in [4.78, 5) is 26.8. The summed E-state index contributed by atoms with van der Waals surface area (Å²) in [6.45, 7) is 8.71. The molecular weight excluding hydrogens is 320 g/mol. The van der Waals surface area contributed by atoms with E-state index in [0.717, 1.165) is 5.39 Å². The van der Waals surface area contributed by atoms with Crippen molar-refractivity contribution in [3.63, 3.8) is 0 Å². The minimum atomic E-state index is -0.331. The molecule has 25 heavy (non-hydrogen) atoms. The first-order valence-electron chi connectivity index (χ1n) is 8.59. The van der Waals surface area contributed by atoms with E-state index in [1.807, 2.05) is 39.0 Å². The molecule has 0 saturated carbocycles. The Morgan fingerprint density at radius 3 is 2.48 bits per heavy atom. The number of nitrogens with zero attached hydrogens (tertiary/aromatic N) is 1. The number of anilines is 1. The van der Waals surface area contributed by atoms with Crippen LogP contribution in [0.5, 0.6) is 0 Å². The topological polar surface area (TPSA) is 71.8 Å². The van der Waals surface area contributed by atoms with Gasteiger partial charge in [-0.1, -0.05) is 12.1 Å². The van der Waals surface area contributed by atoms with E-state index in [-0.39, 0.29) is 35.7 Å². The number of hydrogen-bond acceptors (Lipinski definition) is 5. The number of benzene rings is 1. The quantitative estimate of drug-likeness (QED) is 0.863. The molecule has 2 aromatic rings. The van der Waals surface area contributed by atoms with E-state index in [2.05, 4.69) is 10.2 Å². The van der Waals surface area contributed by atoms with Crippen LogP contribution in [0, 0.1) is 0 Å². The second-order valence-electron chi connectivity index (χ2n) is 6.73. The average molecular weight is 344 g/mol. The van der Waals surface area contributed by atoms with Crippen LogP contribution in [0.2, 0.25) is 0 Å². The van der Waals surface area contributed by atoms with Crippen molar-refractivity contribution in [1.29, 1.82) is 0 Å². The molecule has 2 heterocycles. The maximum Gasteiger partial charge on any atom is 0.241 e. The summed E-state index contributed by atoms with van der Waals surface area (Å²) < 4.78 is 11.4. The predicted molar refractivity (Wildman–Crippen MR) is 95.9 cm³/mol. The molecule has 0 aliphatic carbocycles. The van der Waals surface area contributed by atoms with Gasteiger partial charge in [-0.3, -0.25) is 14.5 Å². The third kappa shape index (κ3) is 3.60. The number of carbonyl (C=O) groups is 2. The second kappa shape index (κ2) is 6.98. The first-order valence-corrected chi connectivity index (χ1v) is 8.59. The van der Waals surface area contributed by atoms with Gasteiger partial charge < -0.3 is 14.5 Å². The summed E-state index contributed by atoms with van der Waals surface area (Å²) in [7, 11) is 0. The Morgan fingerprint density at radius 1 is 1.20 bits per heavy atom. The number of para-hydroxylation sites is 1. The number of fused-ring (bicyclic) bond motifs is 1. The molecule has 0 unspecified atom stereocenters. The number of hydrogen-bond donors (Lipinski definition) is 1. The van der Waals surface area contributed by atoms with Crippen LogP contribution in [0.15, 0.2) is 28.7 Å². The summed E-state index contributed by atoms with van der Waals surface area (Å²) in [6.07, 6.45) is 0.170. The van der Waals surface area contributed by atoms with Crippen molar-refractivity contribution in [2.45, 2.75) is 45.9 Å². The number of amides is 1. The van der Waals surface area contributed by atoms with Gasteiger partial charge in [0.15, 0.2) is 11.5 Å². The summed E-state index contributed by atoms with van der Waals surface area (Å²) in [5.74, 6) is -0.186. The minimum Gasteiger partial charge on any atom is -0.451 e. The second-order valence-corrected chi connectivity index (χ2v) is 6.73. The maximum absolute atomic E-state index is 12.8. The van der Waals surface area contributed by atoms with E-state index in [9.17, 15) is 9.59 Å². The van der Waals surface area contributed by atoms with Crippen LogP contribution in [0.25, 0.3) is 11.0 Å². The Morgan fingerprint density at radius 2 is 1.84 bits per heavy atom. The van der Waals surface area contributed by atoms with Gasteiger partial charge in [0.25, 0.3) is 0 Å². The van der Waals surface area contributed by atoms with Crippen molar-refractivity contribution in [3.05, 3.63) is 30.0 Å². The molecule has 134 valence electrons. The van der Waals surface area contributed by atoms with Gasteiger partial charge in [0.2, 0.25) is 5.91 Å². The molecule has 1 aromatic carbocycles. The highest BCUT2D eigenvalue weighted by Gasteiger charge is 2.30. The lowest BCUT2D eigenvalue weighted by atomic mass is 10.1. The van der Waals surface area contributed by atoms with E-state index in [0.29, 0.717) is 24.4 Å². The van der Waals surface area contributed by atoms with Crippen LogP contribution >= 0.6 is 0 Å². The zero-order valence-corrected chi connectivity index (χ0v) is 15.0. The van der Waals surface area contributed by atoms with Crippen LogP contribution in [-0.2, 0) is 9.53 Å². The number of morpholine rings is 1. The number of furan rings is 1. The van der Waals surface area contributed by atoms with Gasteiger partial charge in [0.05, 0.1) is 23.9 Å². The van der Waals surface area contributed by atoms with E-state index >= 15 is 0 Å². The van der Waals surface area contributed by atoms with Crippen molar-refractivity contribution in [2.24, 2.45) is 0 Å². The number of nitrogens with one attached hydrogen (secondary N) is 1. The zero-order valence-electron chi connectivity index (χ0n) is 15.0. The van der Waals surface area contributed by atoms with Gasteiger partial charge in [0, 0.05) is 25.4 Å². The third-order valence-electron chi connectivity index (χ3n) is 4.54. The molecule has 1 aromatic heterocycles. The molecule has 1 amide bonds. The van der Waals surface area contributed by atoms with Crippen LogP contribution in [0.1, 0.15) is 38.2 Å². The highest BCUT2D eigenvalue weighted by Crippen LogP contribution is 2.31. The summed E-state index contributed by atoms with van der Waals surface area (Å²) >= 11 is 0. The van der Waals surface area contributed by atoms with Crippen LogP contribution in [0.4, 0.5) is 5.69 Å². The Hall–Kier alpha value is -2.18. The first-order chi connectivity index (χ1) is 11.9. The summed E-state index contributed by atoms with van der Waals surface area (Å²) in [5.41, 5.74) is 1.04. The Labute approximate surface area is 147 Å². The zero-order chi connectivity index (χ0) is 18.1. The molecule has 1 aliphatic rings. The molecule has 1 N–H and O–H groups in total. The summed E-state index contributed by atoms with van der Waals surface area (Å²) in [6, 6.07) is 6.98. The van der Waals surface area contributed by atoms with Gasteiger partial charge in [-0.05, 0) is 32.9 Å². The van der Waals surface area contributed by atoms with Crippen molar-refractivity contribution in [1.82, 2.24) is 4.90 Å². The molecule has 0 radical (unpaired) electrons. The SMILES string of the molecule is CC(=O)c1oc2ccccc2c1NC(=O)[C@@H](C)N1C[C@@H](C)O[C@@H](C)C1. The number of Topliss-reactive ketones (excluding diaryl/α,β-unsaturated/α-hetero) is 1. The van der Waals surface area contributed by atoms with Crippen molar-refractivity contribution >= 4 is 28.3 Å². The molecule has 6 nitrogen and oxygen atoms in total. The Kier molecular flexibility index (Phi) is 4.92. The average Bonchev–Trinajstić information content (AvgIpc) is 2.92. The van der Waals surface area contributed by atoms with Gasteiger partial charge >= 0.3 is 0 Å². The lowest BCUT2D eigenvalue weighted by Gasteiger charge is -2.38. The fraction of sp³-hybridized carbons (Fsp3) is 0.474. The molecule has 1 fully saturated rings. The van der Waals surface area contributed by atoms with E-state index in [4.69, 9.17) is 9.15 Å². The fourth-order valence-electron chi connectivity index (χ4n) is 3.34. The first kappa shape index (κ1) is 17.6. The Balaban J connectivity index is 1.84. The van der Waals surface area contributed by atoms with Gasteiger partial charge in [-0.15, -0.1) is 0 Å². The number of rotatable bonds is 4. The standard InChI is InChI=1S/C19H24N2O4/c1-11-9-21(10-12(2)24-11)13(3)19(23)20-17-15-7-5-6-8-16(15)25-18(17)14(4)22/h5-8,11-13H,9-10H2,1-4H3,(H,20,23)/t11-,12+,13-/m1/s1. The molecule has 3 atom stereocenters. The predicted octanol–water partition coefficient (Wildman–Crippen LogP) is 3.07. The maximum atomic E-state index is 12.8. The number of carbonyl (C=O) groups excluding carboxylic acids is 2. The normalized spacial score (nSPS) is 22.7. The van der Waals surface area contributed by atoms with E-state index in [1.165, 1.54) is 6.92 Å². The highest BCUT2D eigenvalue weighted by atomic mass is 16.5. The van der Waals surface area contributed by atoms with E-state index < -0.39 is 0 Å². The largest absolute Gasteiger partial charge is 0.451 e. The van der Waals surface area contributed by atoms with Crippen LogP contribution < -0.4 is 5.32 Å². The van der Waals surface area contributed by atoms with Gasteiger partial charge in [0.1, 0.15) is 5.58 Å². The molecule has 1 aliphatic heterocycles. The molecule has 3 rings (SSSR count). The molecule has 6 heteroatoms. The van der Waals surface area contributed by atoms with Crippen molar-refractivity contribution < 1.29 is 18.7 Å². The van der Waals surface area contributed by atoms with Crippen LogP contribution in [0.3, 0.4) is 0 Å². The lowest BCUT2D eigenvalue weighted by molar-refractivity contribution is -0.126. The van der Waals surface area contributed by atoms with Crippen LogP contribution in [-0.4, -0.2) is 47.9 Å². The molecular formula is C19H24N2O4. The van der Waals surface area contributed by atoms with Gasteiger partial charge in [-0.2, -0.15) is 0 Å². The molecule has 0 spiro atoms. The smallest absolute Gasteiger partial charge is 0.241 e. The molecule has 0 bridgehead atoms. The monoisotopic (exact) mass is 344 g/mol. The lowest BCUT2D eigenvalue weighted by Crippen LogP contribution is -2.52. The number of ketones is 1. The van der Waals surface area contributed by atoms with Gasteiger partial charge in [-0.25, -0.2) is 0 Å². The minimum absolute atomic E-state index is 0.0848. The Bertz CT molecular complexity index is 788. The van der Waals surface area contributed by atoms with E-state index in [1.54, 1.807) is 6.07 Å². The van der Waals surface area contributed by atoms with Crippen molar-refractivity contribution in [3.8, 4) is 0 Å². The van der Waals surface area contributed by atoms with Crippen molar-refractivity contribution in [2.75, 3.05) is 18.4 Å². The molecule has 1 saturated heterocycles. The number of ether oxygens (including phenoxy) is 1.